The minimum Gasteiger partial charge on any atom is -0.493 e. The maximum atomic E-state index is 12.9. The second-order valence-corrected chi connectivity index (χ2v) is 10.2. The van der Waals surface area contributed by atoms with Gasteiger partial charge in [0.25, 0.3) is 0 Å². The van der Waals surface area contributed by atoms with E-state index in [0.717, 1.165) is 52.2 Å². The molecule has 5 nitrogen and oxygen atoms in total. The minimum atomic E-state index is 0.0695. The lowest BCUT2D eigenvalue weighted by Gasteiger charge is -2.18. The molecule has 0 bridgehead atoms. The zero-order valence-electron chi connectivity index (χ0n) is 20.2. The van der Waals surface area contributed by atoms with Gasteiger partial charge in [0.2, 0.25) is 5.91 Å². The van der Waals surface area contributed by atoms with Crippen molar-refractivity contribution in [1.82, 2.24) is 9.55 Å². The van der Waals surface area contributed by atoms with Gasteiger partial charge in [-0.2, -0.15) is 0 Å². The van der Waals surface area contributed by atoms with Gasteiger partial charge < -0.3 is 14.2 Å². The van der Waals surface area contributed by atoms with Crippen molar-refractivity contribution in [3.8, 4) is 5.75 Å². The van der Waals surface area contributed by atoms with Crippen LogP contribution in [0.2, 0.25) is 0 Å². The van der Waals surface area contributed by atoms with Crippen LogP contribution in [-0.4, -0.2) is 28.6 Å². The van der Waals surface area contributed by atoms with Crippen LogP contribution in [0.3, 0.4) is 0 Å². The molecule has 1 aliphatic heterocycles. The van der Waals surface area contributed by atoms with E-state index in [1.54, 1.807) is 0 Å². The molecule has 1 aliphatic rings. The predicted molar refractivity (Wildman–Crippen MR) is 144 cm³/mol. The fourth-order valence-electron chi connectivity index (χ4n) is 4.85. The van der Waals surface area contributed by atoms with Crippen LogP contribution in [0.4, 0.5) is 5.69 Å². The number of benzene rings is 3. The summed E-state index contributed by atoms with van der Waals surface area (Å²) in [5.74, 6) is 2.19. The summed E-state index contributed by atoms with van der Waals surface area (Å²) >= 11 is 3.52. The number of amides is 1. The highest BCUT2D eigenvalue weighted by Crippen LogP contribution is 2.34. The number of carbonyl (C=O) groups is 1. The van der Waals surface area contributed by atoms with Gasteiger partial charge >= 0.3 is 0 Å². The molecule has 0 radical (unpaired) electrons. The van der Waals surface area contributed by atoms with Crippen molar-refractivity contribution in [2.75, 3.05) is 18.1 Å². The third kappa shape index (κ3) is 4.98. The summed E-state index contributed by atoms with van der Waals surface area (Å²) in [7, 11) is 0. The molecule has 1 unspecified atom stereocenters. The molecule has 1 atom stereocenters. The predicted octanol–water partition coefficient (Wildman–Crippen LogP) is 6.80. The summed E-state index contributed by atoms with van der Waals surface area (Å²) in [4.78, 5) is 19.8. The van der Waals surface area contributed by atoms with E-state index >= 15 is 0 Å². The topological polar surface area (TPSA) is 47.4 Å². The molecular weight excluding hydrogens is 502 g/mol. The van der Waals surface area contributed by atoms with Crippen LogP contribution in [-0.2, 0) is 11.3 Å². The Kier molecular flexibility index (Phi) is 6.91. The number of hydrogen-bond acceptors (Lipinski definition) is 3. The first-order chi connectivity index (χ1) is 17.0. The Bertz CT molecular complexity index is 1360. The second kappa shape index (κ2) is 10.2. The van der Waals surface area contributed by atoms with Gasteiger partial charge in [-0.25, -0.2) is 4.98 Å². The monoisotopic (exact) mass is 531 g/mol. The van der Waals surface area contributed by atoms with E-state index in [-0.39, 0.29) is 11.8 Å². The normalized spacial score (nSPS) is 15.8. The standard InChI is InChI=1S/C29H30BrN3O2/c1-20-9-7-14-27(21(20)2)35-16-6-5-15-32-26-13-4-3-12-25(26)31-29(32)22-17-28(34)33(19-22)24-11-8-10-23(30)18-24/h3-4,7-14,18,22H,5-6,15-17,19H2,1-2H3. The molecule has 0 spiro atoms. The van der Waals surface area contributed by atoms with Crippen molar-refractivity contribution in [2.45, 2.75) is 45.6 Å². The van der Waals surface area contributed by atoms with Crippen LogP contribution in [0.15, 0.2) is 71.2 Å². The number of halogens is 1. The maximum absolute atomic E-state index is 12.9. The molecule has 2 heterocycles. The van der Waals surface area contributed by atoms with E-state index < -0.39 is 0 Å². The van der Waals surface area contributed by atoms with E-state index in [2.05, 4.69) is 58.6 Å². The third-order valence-corrected chi connectivity index (χ3v) is 7.38. The molecule has 1 aromatic heterocycles. The molecule has 5 rings (SSSR count). The molecule has 1 saturated heterocycles. The van der Waals surface area contributed by atoms with Crippen molar-refractivity contribution in [3.63, 3.8) is 0 Å². The van der Waals surface area contributed by atoms with Gasteiger partial charge in [0, 0.05) is 35.6 Å². The average Bonchev–Trinajstić information content (AvgIpc) is 3.42. The largest absolute Gasteiger partial charge is 0.493 e. The molecule has 3 aromatic carbocycles. The van der Waals surface area contributed by atoms with E-state index in [4.69, 9.17) is 9.72 Å². The number of nitrogens with zero attached hydrogens (tertiary/aromatic N) is 3. The molecule has 0 N–H and O–H groups in total. The highest BCUT2D eigenvalue weighted by atomic mass is 79.9. The fraction of sp³-hybridized carbons (Fsp3) is 0.310. The van der Waals surface area contributed by atoms with Gasteiger partial charge in [0.05, 0.1) is 17.6 Å². The van der Waals surface area contributed by atoms with Crippen molar-refractivity contribution in [1.29, 1.82) is 0 Å². The first-order valence-electron chi connectivity index (χ1n) is 12.2. The van der Waals surface area contributed by atoms with Crippen molar-refractivity contribution >= 4 is 38.6 Å². The quantitative estimate of drug-likeness (QED) is 0.235. The Morgan fingerprint density at radius 1 is 1.03 bits per heavy atom. The van der Waals surface area contributed by atoms with Gasteiger partial charge in [-0.3, -0.25) is 4.79 Å². The van der Waals surface area contributed by atoms with Gasteiger partial charge in [0.1, 0.15) is 11.6 Å². The third-order valence-electron chi connectivity index (χ3n) is 6.88. The summed E-state index contributed by atoms with van der Waals surface area (Å²) in [6.45, 7) is 6.40. The average molecular weight is 532 g/mol. The number of anilines is 1. The number of unbranched alkanes of at least 4 members (excludes halogenated alkanes) is 1. The van der Waals surface area contributed by atoms with Crippen LogP contribution < -0.4 is 9.64 Å². The maximum Gasteiger partial charge on any atom is 0.227 e. The van der Waals surface area contributed by atoms with E-state index in [1.807, 2.05) is 47.4 Å². The molecule has 0 saturated carbocycles. The molecule has 0 aliphatic carbocycles. The summed E-state index contributed by atoms with van der Waals surface area (Å²) in [6.07, 6.45) is 2.41. The fourth-order valence-corrected chi connectivity index (χ4v) is 5.24. The zero-order valence-corrected chi connectivity index (χ0v) is 21.8. The van der Waals surface area contributed by atoms with E-state index in [9.17, 15) is 4.79 Å². The minimum absolute atomic E-state index is 0.0695. The van der Waals surface area contributed by atoms with Crippen LogP contribution in [0.5, 0.6) is 5.75 Å². The number of fused-ring (bicyclic) bond motifs is 1. The van der Waals surface area contributed by atoms with Gasteiger partial charge in [-0.1, -0.05) is 46.3 Å². The molecular formula is C29H30BrN3O2. The summed E-state index contributed by atoms with van der Waals surface area (Å²) < 4.78 is 9.35. The zero-order chi connectivity index (χ0) is 24.4. The van der Waals surface area contributed by atoms with Crippen molar-refractivity contribution in [3.05, 3.63) is 88.2 Å². The van der Waals surface area contributed by atoms with Gasteiger partial charge in [-0.15, -0.1) is 0 Å². The highest BCUT2D eigenvalue weighted by Gasteiger charge is 2.34. The Balaban J connectivity index is 1.30. The SMILES string of the molecule is Cc1cccc(OCCCCn2c(C3CC(=O)N(c4cccc(Br)c4)C3)nc3ccccc32)c1C. The van der Waals surface area contributed by atoms with Crippen LogP contribution in [0.1, 0.15) is 42.1 Å². The number of hydrogen-bond donors (Lipinski definition) is 0. The molecule has 1 fully saturated rings. The Labute approximate surface area is 214 Å². The number of para-hydroxylation sites is 2. The first kappa shape index (κ1) is 23.6. The lowest BCUT2D eigenvalue weighted by molar-refractivity contribution is -0.117. The van der Waals surface area contributed by atoms with E-state index in [1.165, 1.54) is 11.1 Å². The summed E-state index contributed by atoms with van der Waals surface area (Å²) in [6, 6.07) is 22.4. The van der Waals surface area contributed by atoms with Crippen LogP contribution in [0.25, 0.3) is 11.0 Å². The second-order valence-electron chi connectivity index (χ2n) is 9.25. The Hall–Kier alpha value is -3.12. The number of ether oxygens (including phenoxy) is 1. The lowest BCUT2D eigenvalue weighted by atomic mass is 10.1. The van der Waals surface area contributed by atoms with Crippen molar-refractivity contribution < 1.29 is 9.53 Å². The Morgan fingerprint density at radius 3 is 2.71 bits per heavy atom. The smallest absolute Gasteiger partial charge is 0.227 e. The summed E-state index contributed by atoms with van der Waals surface area (Å²) in [5.41, 5.74) is 5.50. The molecule has 180 valence electrons. The molecule has 35 heavy (non-hydrogen) atoms. The van der Waals surface area contributed by atoms with Gasteiger partial charge in [-0.05, 0) is 74.2 Å². The number of rotatable bonds is 8. The number of aromatic nitrogens is 2. The summed E-state index contributed by atoms with van der Waals surface area (Å²) in [5, 5.41) is 0. The number of aryl methyl sites for hydroxylation is 2. The van der Waals surface area contributed by atoms with E-state index in [0.29, 0.717) is 19.6 Å². The highest BCUT2D eigenvalue weighted by molar-refractivity contribution is 9.10. The first-order valence-corrected chi connectivity index (χ1v) is 13.0. The number of imidazole rings is 1. The Morgan fingerprint density at radius 2 is 1.86 bits per heavy atom. The van der Waals surface area contributed by atoms with Crippen LogP contribution >= 0.6 is 15.9 Å². The molecule has 6 heteroatoms. The molecule has 4 aromatic rings. The lowest BCUT2D eigenvalue weighted by Crippen LogP contribution is -2.24. The number of carbonyl (C=O) groups excluding carboxylic acids is 1. The van der Waals surface area contributed by atoms with Crippen molar-refractivity contribution in [2.24, 2.45) is 0 Å². The molecule has 1 amide bonds. The van der Waals surface area contributed by atoms with Gasteiger partial charge in [0.15, 0.2) is 0 Å². The van der Waals surface area contributed by atoms with Crippen LogP contribution in [0, 0.1) is 13.8 Å².